The van der Waals surface area contributed by atoms with Gasteiger partial charge in [-0.05, 0) is 55.8 Å². The Balaban J connectivity index is 2.26. The normalized spacial score (nSPS) is 12.2. The number of nitrogens with two attached hydrogens (primary N) is 1. The molecule has 2 rings (SSSR count). The lowest BCUT2D eigenvalue weighted by molar-refractivity contribution is 0.197. The Labute approximate surface area is 119 Å². The minimum absolute atomic E-state index is 0.106. The van der Waals surface area contributed by atoms with Gasteiger partial charge in [-0.15, -0.1) is 0 Å². The van der Waals surface area contributed by atoms with Crippen molar-refractivity contribution in [2.75, 3.05) is 6.54 Å². The summed E-state index contributed by atoms with van der Waals surface area (Å²) in [5.41, 5.74) is 9.20. The van der Waals surface area contributed by atoms with Crippen molar-refractivity contribution in [2.45, 2.75) is 26.4 Å². The maximum absolute atomic E-state index is 12.9. The average Bonchev–Trinajstić information content (AvgIpc) is 2.43. The van der Waals surface area contributed by atoms with Crippen LogP contribution in [0.5, 0.6) is 5.75 Å². The lowest BCUT2D eigenvalue weighted by atomic mass is 9.98. The number of ether oxygens (including phenoxy) is 1. The van der Waals surface area contributed by atoms with Crippen LogP contribution < -0.4 is 10.5 Å². The molecule has 0 heterocycles. The van der Waals surface area contributed by atoms with Crippen molar-refractivity contribution in [3.8, 4) is 5.75 Å². The predicted molar refractivity (Wildman–Crippen MR) is 79.4 cm³/mol. The number of benzene rings is 2. The van der Waals surface area contributed by atoms with Gasteiger partial charge in [0.2, 0.25) is 0 Å². The van der Waals surface area contributed by atoms with Crippen LogP contribution in [0.2, 0.25) is 0 Å². The first-order valence-corrected chi connectivity index (χ1v) is 6.79. The molecule has 0 radical (unpaired) electrons. The SMILES string of the molecule is Cc1ccc(C)c(C(CCN)Oc2ccc(F)cc2)c1. The molecule has 0 aromatic heterocycles. The largest absolute Gasteiger partial charge is 0.486 e. The summed E-state index contributed by atoms with van der Waals surface area (Å²) in [6.45, 7) is 4.66. The molecule has 3 heteroatoms. The third kappa shape index (κ3) is 3.58. The van der Waals surface area contributed by atoms with Gasteiger partial charge in [0.25, 0.3) is 0 Å². The van der Waals surface area contributed by atoms with Gasteiger partial charge in [0.05, 0.1) is 0 Å². The highest BCUT2D eigenvalue weighted by Gasteiger charge is 2.15. The minimum Gasteiger partial charge on any atom is -0.486 e. The second-order valence-corrected chi connectivity index (χ2v) is 5.00. The fourth-order valence-electron chi connectivity index (χ4n) is 2.21. The molecule has 2 aromatic carbocycles. The number of halogens is 1. The maximum atomic E-state index is 12.9. The molecule has 2 nitrogen and oxygen atoms in total. The summed E-state index contributed by atoms with van der Waals surface area (Å²) in [6.07, 6.45) is 0.618. The smallest absolute Gasteiger partial charge is 0.125 e. The molecule has 1 atom stereocenters. The van der Waals surface area contributed by atoms with Crippen LogP contribution in [-0.2, 0) is 0 Å². The van der Waals surface area contributed by atoms with Gasteiger partial charge in [-0.3, -0.25) is 0 Å². The van der Waals surface area contributed by atoms with Gasteiger partial charge in [-0.2, -0.15) is 0 Å². The van der Waals surface area contributed by atoms with E-state index in [1.54, 1.807) is 12.1 Å². The van der Waals surface area contributed by atoms with E-state index in [4.69, 9.17) is 10.5 Å². The Hall–Kier alpha value is -1.87. The molecule has 0 aliphatic carbocycles. The van der Waals surface area contributed by atoms with E-state index >= 15 is 0 Å². The van der Waals surface area contributed by atoms with E-state index in [-0.39, 0.29) is 11.9 Å². The quantitative estimate of drug-likeness (QED) is 0.896. The molecule has 0 aliphatic rings. The highest BCUT2D eigenvalue weighted by atomic mass is 19.1. The van der Waals surface area contributed by atoms with E-state index in [1.807, 2.05) is 0 Å². The first-order valence-electron chi connectivity index (χ1n) is 6.79. The Morgan fingerprint density at radius 1 is 1.10 bits per heavy atom. The molecule has 0 spiro atoms. The van der Waals surface area contributed by atoms with Gasteiger partial charge >= 0.3 is 0 Å². The summed E-state index contributed by atoms with van der Waals surface area (Å²) >= 11 is 0. The molecule has 0 saturated heterocycles. The first-order chi connectivity index (χ1) is 9.60. The molecule has 0 bridgehead atoms. The van der Waals surface area contributed by atoms with E-state index in [0.29, 0.717) is 12.3 Å². The standard InChI is InChI=1S/C17H20FNO/c1-12-3-4-13(2)16(11-12)17(9-10-19)20-15-7-5-14(18)6-8-15/h3-8,11,17H,9-10,19H2,1-2H3. The van der Waals surface area contributed by atoms with Crippen LogP contribution in [0.4, 0.5) is 4.39 Å². The summed E-state index contributed by atoms with van der Waals surface area (Å²) in [5, 5.41) is 0. The number of hydrogen-bond donors (Lipinski definition) is 1. The van der Waals surface area contributed by atoms with Crippen molar-refractivity contribution in [1.29, 1.82) is 0 Å². The minimum atomic E-state index is -0.264. The zero-order valence-corrected chi connectivity index (χ0v) is 11.9. The van der Waals surface area contributed by atoms with E-state index in [9.17, 15) is 4.39 Å². The Morgan fingerprint density at radius 3 is 2.45 bits per heavy atom. The van der Waals surface area contributed by atoms with Crippen molar-refractivity contribution in [1.82, 2.24) is 0 Å². The molecule has 0 amide bonds. The van der Waals surface area contributed by atoms with Crippen molar-refractivity contribution < 1.29 is 9.13 Å². The molecule has 0 aliphatic heterocycles. The highest BCUT2D eigenvalue weighted by Crippen LogP contribution is 2.27. The molecule has 20 heavy (non-hydrogen) atoms. The molecule has 1 unspecified atom stereocenters. The third-order valence-corrected chi connectivity index (χ3v) is 3.30. The lowest BCUT2D eigenvalue weighted by Gasteiger charge is -2.21. The molecule has 2 aromatic rings. The van der Waals surface area contributed by atoms with Gasteiger partial charge in [0, 0.05) is 6.42 Å². The zero-order chi connectivity index (χ0) is 14.5. The summed E-state index contributed by atoms with van der Waals surface area (Å²) < 4.78 is 18.9. The molecular formula is C17H20FNO. The maximum Gasteiger partial charge on any atom is 0.125 e. The van der Waals surface area contributed by atoms with Crippen LogP contribution in [-0.4, -0.2) is 6.54 Å². The van der Waals surface area contributed by atoms with Crippen LogP contribution in [0, 0.1) is 19.7 Å². The second kappa shape index (κ2) is 6.53. The third-order valence-electron chi connectivity index (χ3n) is 3.30. The van der Waals surface area contributed by atoms with Crippen LogP contribution in [0.1, 0.15) is 29.2 Å². The lowest BCUT2D eigenvalue weighted by Crippen LogP contribution is -2.14. The number of aryl methyl sites for hydroxylation is 2. The second-order valence-electron chi connectivity index (χ2n) is 5.00. The summed E-state index contributed by atoms with van der Waals surface area (Å²) in [4.78, 5) is 0. The van der Waals surface area contributed by atoms with Gasteiger partial charge in [-0.1, -0.05) is 23.8 Å². The fourth-order valence-corrected chi connectivity index (χ4v) is 2.21. The summed E-state index contributed by atoms with van der Waals surface area (Å²) in [6, 6.07) is 12.4. The number of hydrogen-bond acceptors (Lipinski definition) is 2. The number of rotatable bonds is 5. The predicted octanol–water partition coefficient (Wildman–Crippen LogP) is 3.91. The van der Waals surface area contributed by atoms with Gasteiger partial charge in [-0.25, -0.2) is 4.39 Å². The Morgan fingerprint density at radius 2 is 1.80 bits per heavy atom. The van der Waals surface area contributed by atoms with E-state index in [2.05, 4.69) is 32.0 Å². The van der Waals surface area contributed by atoms with Gasteiger partial charge < -0.3 is 10.5 Å². The summed E-state index contributed by atoms with van der Waals surface area (Å²) in [5.74, 6) is 0.394. The monoisotopic (exact) mass is 273 g/mol. The Bertz CT molecular complexity index is 566. The van der Waals surface area contributed by atoms with Crippen LogP contribution in [0.25, 0.3) is 0 Å². The van der Waals surface area contributed by atoms with Crippen LogP contribution in [0.15, 0.2) is 42.5 Å². The zero-order valence-electron chi connectivity index (χ0n) is 11.9. The van der Waals surface area contributed by atoms with Crippen LogP contribution >= 0.6 is 0 Å². The van der Waals surface area contributed by atoms with E-state index in [0.717, 1.165) is 12.0 Å². The van der Waals surface area contributed by atoms with Gasteiger partial charge in [0.15, 0.2) is 0 Å². The Kier molecular flexibility index (Phi) is 4.74. The fraction of sp³-hybridized carbons (Fsp3) is 0.294. The topological polar surface area (TPSA) is 35.2 Å². The van der Waals surface area contributed by atoms with Crippen molar-refractivity contribution in [3.63, 3.8) is 0 Å². The molecule has 0 saturated carbocycles. The van der Waals surface area contributed by atoms with E-state index in [1.165, 1.54) is 23.3 Å². The average molecular weight is 273 g/mol. The molecule has 106 valence electrons. The van der Waals surface area contributed by atoms with E-state index < -0.39 is 0 Å². The van der Waals surface area contributed by atoms with Crippen molar-refractivity contribution >= 4 is 0 Å². The van der Waals surface area contributed by atoms with Crippen molar-refractivity contribution in [3.05, 3.63) is 65.0 Å². The first kappa shape index (κ1) is 14.5. The molecule has 2 N–H and O–H groups in total. The van der Waals surface area contributed by atoms with Gasteiger partial charge in [0.1, 0.15) is 17.7 Å². The summed E-state index contributed by atoms with van der Waals surface area (Å²) in [7, 11) is 0. The van der Waals surface area contributed by atoms with Crippen molar-refractivity contribution in [2.24, 2.45) is 5.73 Å². The highest BCUT2D eigenvalue weighted by molar-refractivity contribution is 5.33. The molecule has 0 fully saturated rings. The van der Waals surface area contributed by atoms with Crippen LogP contribution in [0.3, 0.4) is 0 Å². The molecular weight excluding hydrogens is 253 g/mol.